The largest absolute Gasteiger partial charge is 0.373 e. The summed E-state index contributed by atoms with van der Waals surface area (Å²) >= 11 is 0. The smallest absolute Gasteiger partial charge is 0.295 e. The lowest BCUT2D eigenvalue weighted by atomic mass is 10.2. The molecule has 0 amide bonds. The molecule has 1 heterocycles. The van der Waals surface area contributed by atoms with E-state index >= 15 is 0 Å². The second-order valence-corrected chi connectivity index (χ2v) is 3.89. The van der Waals surface area contributed by atoms with Gasteiger partial charge in [-0.2, -0.15) is 5.26 Å². The molecule has 0 aliphatic heterocycles. The van der Waals surface area contributed by atoms with Crippen LogP contribution in [0.1, 0.15) is 11.4 Å². The van der Waals surface area contributed by atoms with Crippen LogP contribution in [0, 0.1) is 33.1 Å². The predicted octanol–water partition coefficient (Wildman–Crippen LogP) is 2.15. The molecule has 0 aliphatic rings. The molecule has 0 fully saturated rings. The maximum absolute atomic E-state index is 13.6. The van der Waals surface area contributed by atoms with E-state index < -0.39 is 27.9 Å². The van der Waals surface area contributed by atoms with Crippen molar-refractivity contribution in [1.82, 2.24) is 9.97 Å². The highest BCUT2D eigenvalue weighted by molar-refractivity contribution is 5.62. The lowest BCUT2D eigenvalue weighted by molar-refractivity contribution is -0.384. The molecule has 0 radical (unpaired) electrons. The fourth-order valence-corrected chi connectivity index (χ4v) is 1.56. The van der Waals surface area contributed by atoms with Gasteiger partial charge >= 0.3 is 0 Å². The van der Waals surface area contributed by atoms with Gasteiger partial charge in [0.1, 0.15) is 6.07 Å². The lowest BCUT2D eigenvalue weighted by Crippen LogP contribution is -2.07. The number of benzene rings is 1. The fraction of sp³-hybridized carbons (Fsp3) is 0.0833. The number of halogens is 2. The van der Waals surface area contributed by atoms with Crippen molar-refractivity contribution in [2.45, 2.75) is 6.54 Å². The number of rotatable bonds is 4. The standard InChI is InChI=1S/C12H7F2N5O2/c13-8-1-2-9(19(20)21)12(11(8)14)18-6-7-4-16-10(3-15)17-5-7/h1-2,4-5,18H,6H2. The first kappa shape index (κ1) is 14.3. The van der Waals surface area contributed by atoms with Gasteiger partial charge in [0.05, 0.1) is 4.92 Å². The fourth-order valence-electron chi connectivity index (χ4n) is 1.56. The van der Waals surface area contributed by atoms with E-state index in [9.17, 15) is 18.9 Å². The second kappa shape index (κ2) is 5.87. The van der Waals surface area contributed by atoms with Crippen molar-refractivity contribution in [3.05, 3.63) is 57.7 Å². The van der Waals surface area contributed by atoms with Crippen molar-refractivity contribution < 1.29 is 13.7 Å². The molecule has 0 saturated carbocycles. The summed E-state index contributed by atoms with van der Waals surface area (Å²) in [6, 6.07) is 3.28. The van der Waals surface area contributed by atoms with Crippen LogP contribution in [0.2, 0.25) is 0 Å². The molecule has 0 atom stereocenters. The van der Waals surface area contributed by atoms with Crippen LogP contribution in [0.15, 0.2) is 24.5 Å². The van der Waals surface area contributed by atoms with Gasteiger partial charge in [-0.15, -0.1) is 0 Å². The summed E-state index contributed by atoms with van der Waals surface area (Å²) in [5.74, 6) is -2.57. The van der Waals surface area contributed by atoms with Gasteiger partial charge in [-0.1, -0.05) is 0 Å². The van der Waals surface area contributed by atoms with Gasteiger partial charge in [0.2, 0.25) is 5.82 Å². The van der Waals surface area contributed by atoms with Crippen LogP contribution < -0.4 is 5.32 Å². The molecule has 106 valence electrons. The molecule has 21 heavy (non-hydrogen) atoms. The molecule has 0 unspecified atom stereocenters. The van der Waals surface area contributed by atoms with E-state index in [1.165, 1.54) is 12.4 Å². The zero-order valence-electron chi connectivity index (χ0n) is 10.4. The van der Waals surface area contributed by atoms with Crippen LogP contribution in [-0.2, 0) is 6.54 Å². The molecule has 0 saturated heterocycles. The molecule has 1 aromatic heterocycles. The van der Waals surface area contributed by atoms with Gasteiger partial charge in [0.15, 0.2) is 17.3 Å². The highest BCUT2D eigenvalue weighted by Gasteiger charge is 2.21. The van der Waals surface area contributed by atoms with Gasteiger partial charge < -0.3 is 5.32 Å². The first-order valence-electron chi connectivity index (χ1n) is 5.60. The van der Waals surface area contributed by atoms with Crippen molar-refractivity contribution in [3.63, 3.8) is 0 Å². The first-order valence-corrected chi connectivity index (χ1v) is 5.60. The zero-order valence-corrected chi connectivity index (χ0v) is 10.4. The minimum absolute atomic E-state index is 0.0401. The van der Waals surface area contributed by atoms with Gasteiger partial charge in [0.25, 0.3) is 5.69 Å². The molecule has 2 aromatic rings. The average molecular weight is 291 g/mol. The van der Waals surface area contributed by atoms with E-state index in [1.54, 1.807) is 6.07 Å². The maximum Gasteiger partial charge on any atom is 0.295 e. The summed E-state index contributed by atoms with van der Waals surface area (Å²) in [6.07, 6.45) is 2.61. The van der Waals surface area contributed by atoms with Crippen molar-refractivity contribution in [2.24, 2.45) is 0 Å². The average Bonchev–Trinajstić information content (AvgIpc) is 2.49. The third kappa shape index (κ3) is 3.06. The van der Waals surface area contributed by atoms with Gasteiger partial charge in [-0.05, 0) is 6.07 Å². The Morgan fingerprint density at radius 1 is 1.33 bits per heavy atom. The number of aromatic nitrogens is 2. The number of nitrogens with zero attached hydrogens (tertiary/aromatic N) is 4. The topological polar surface area (TPSA) is 105 Å². The molecule has 0 bridgehead atoms. The number of nitrogens with one attached hydrogen (secondary N) is 1. The summed E-state index contributed by atoms with van der Waals surface area (Å²) < 4.78 is 26.8. The second-order valence-electron chi connectivity index (χ2n) is 3.89. The molecule has 0 aliphatic carbocycles. The van der Waals surface area contributed by atoms with E-state index in [1.807, 2.05) is 0 Å². The minimum atomic E-state index is -1.33. The summed E-state index contributed by atoms with van der Waals surface area (Å²) in [5, 5.41) is 21.8. The Kier molecular flexibility index (Phi) is 3.99. The summed E-state index contributed by atoms with van der Waals surface area (Å²) in [7, 11) is 0. The van der Waals surface area contributed by atoms with E-state index in [0.29, 0.717) is 11.6 Å². The Bertz CT molecular complexity index is 728. The van der Waals surface area contributed by atoms with E-state index in [0.717, 1.165) is 6.07 Å². The van der Waals surface area contributed by atoms with E-state index in [-0.39, 0.29) is 12.4 Å². The molecule has 0 spiro atoms. The van der Waals surface area contributed by atoms with Crippen molar-refractivity contribution in [1.29, 1.82) is 5.26 Å². The summed E-state index contributed by atoms with van der Waals surface area (Å²) in [6.45, 7) is -0.0626. The first-order chi connectivity index (χ1) is 10.0. The lowest BCUT2D eigenvalue weighted by Gasteiger charge is -2.08. The Balaban J connectivity index is 2.24. The quantitative estimate of drug-likeness (QED) is 0.683. The van der Waals surface area contributed by atoms with Crippen molar-refractivity contribution in [3.8, 4) is 6.07 Å². The number of nitro groups is 1. The highest BCUT2D eigenvalue weighted by Crippen LogP contribution is 2.29. The number of hydrogen-bond acceptors (Lipinski definition) is 6. The Morgan fingerprint density at radius 3 is 2.57 bits per heavy atom. The maximum atomic E-state index is 13.6. The van der Waals surface area contributed by atoms with Gasteiger partial charge in [-0.25, -0.2) is 18.7 Å². The Hall–Kier alpha value is -3.15. The molecule has 2 rings (SSSR count). The molecular weight excluding hydrogens is 284 g/mol. The third-order valence-corrected chi connectivity index (χ3v) is 2.54. The number of nitriles is 1. The SMILES string of the molecule is N#Cc1ncc(CNc2c([N+](=O)[O-])ccc(F)c2F)cn1. The normalized spacial score (nSPS) is 9.95. The molecule has 1 aromatic carbocycles. The van der Waals surface area contributed by atoms with Gasteiger partial charge in [-0.3, -0.25) is 10.1 Å². The number of nitro benzene ring substituents is 1. The molecule has 9 heteroatoms. The van der Waals surface area contributed by atoms with Crippen LogP contribution in [0.5, 0.6) is 0 Å². The minimum Gasteiger partial charge on any atom is -0.373 e. The van der Waals surface area contributed by atoms with Gasteiger partial charge in [0, 0.05) is 30.6 Å². The third-order valence-electron chi connectivity index (χ3n) is 2.54. The van der Waals surface area contributed by atoms with Crippen molar-refractivity contribution >= 4 is 11.4 Å². The summed E-state index contributed by atoms with van der Waals surface area (Å²) in [5.41, 5.74) is -0.681. The summed E-state index contributed by atoms with van der Waals surface area (Å²) in [4.78, 5) is 17.4. The Labute approximate surface area is 117 Å². The van der Waals surface area contributed by atoms with Crippen LogP contribution in [-0.4, -0.2) is 14.9 Å². The number of hydrogen-bond donors (Lipinski definition) is 1. The van der Waals surface area contributed by atoms with Crippen molar-refractivity contribution in [2.75, 3.05) is 5.32 Å². The van der Waals surface area contributed by atoms with E-state index in [4.69, 9.17) is 5.26 Å². The molecule has 1 N–H and O–H groups in total. The van der Waals surface area contributed by atoms with Crippen LogP contribution >= 0.6 is 0 Å². The number of anilines is 1. The Morgan fingerprint density at radius 2 is 2.00 bits per heavy atom. The van der Waals surface area contributed by atoms with E-state index in [2.05, 4.69) is 15.3 Å². The van der Waals surface area contributed by atoms with Crippen LogP contribution in [0.4, 0.5) is 20.2 Å². The van der Waals surface area contributed by atoms with Crippen LogP contribution in [0.25, 0.3) is 0 Å². The molecular formula is C12H7F2N5O2. The monoisotopic (exact) mass is 291 g/mol. The van der Waals surface area contributed by atoms with Crippen LogP contribution in [0.3, 0.4) is 0 Å². The molecule has 7 nitrogen and oxygen atoms in total. The highest BCUT2D eigenvalue weighted by atomic mass is 19.2. The predicted molar refractivity (Wildman–Crippen MR) is 67.1 cm³/mol. The zero-order chi connectivity index (χ0) is 15.4.